The maximum atomic E-state index is 7.18. The largest absolute Gasteiger partial charge is 0.306 e. The van der Waals surface area contributed by atoms with Gasteiger partial charge in [-0.25, -0.2) is 0 Å². The van der Waals surface area contributed by atoms with Crippen molar-refractivity contribution in [2.75, 3.05) is 0 Å². The van der Waals surface area contributed by atoms with Crippen LogP contribution in [0.25, 0.3) is 0 Å². The molecular weight excluding hydrogens is 122 g/mol. The van der Waals surface area contributed by atoms with Crippen molar-refractivity contribution in [2.45, 2.75) is 40.0 Å². The van der Waals surface area contributed by atoms with Crippen LogP contribution in [0.4, 0.5) is 0 Å². The summed E-state index contributed by atoms with van der Waals surface area (Å²) in [6.45, 7) is 6.09. The minimum absolute atomic E-state index is 0.661. The molecule has 0 aliphatic carbocycles. The lowest BCUT2D eigenvalue weighted by Gasteiger charge is -1.97. The van der Waals surface area contributed by atoms with Crippen LogP contribution in [-0.4, -0.2) is 5.71 Å². The molecule has 0 spiro atoms. The molecule has 0 heterocycles. The summed E-state index contributed by atoms with van der Waals surface area (Å²) in [7, 11) is 0. The zero-order valence-corrected chi connectivity index (χ0v) is 7.20. The third-order valence-corrected chi connectivity index (χ3v) is 1.39. The fourth-order valence-corrected chi connectivity index (χ4v) is 0.897. The SMILES string of the molecule is CCCC/C(C)=C/C(C)=N. The van der Waals surface area contributed by atoms with Crippen LogP contribution < -0.4 is 0 Å². The lowest BCUT2D eigenvalue weighted by Crippen LogP contribution is -1.84. The van der Waals surface area contributed by atoms with Crippen LogP contribution in [0.5, 0.6) is 0 Å². The molecule has 0 aliphatic rings. The first-order chi connectivity index (χ1) is 4.66. The molecular formula is C9H17N. The molecule has 1 heteroatoms. The molecule has 58 valence electrons. The monoisotopic (exact) mass is 139 g/mol. The van der Waals surface area contributed by atoms with Crippen molar-refractivity contribution in [3.63, 3.8) is 0 Å². The van der Waals surface area contributed by atoms with Crippen LogP contribution in [0, 0.1) is 5.41 Å². The Labute approximate surface area is 63.7 Å². The zero-order valence-electron chi connectivity index (χ0n) is 7.20. The first-order valence-corrected chi connectivity index (χ1v) is 3.89. The van der Waals surface area contributed by atoms with Gasteiger partial charge in [-0.3, -0.25) is 0 Å². The molecule has 0 bridgehead atoms. The molecule has 0 fully saturated rings. The highest BCUT2D eigenvalue weighted by Crippen LogP contribution is 2.05. The number of nitrogens with one attached hydrogen (secondary N) is 1. The summed E-state index contributed by atoms with van der Waals surface area (Å²) in [6.07, 6.45) is 5.57. The Bertz CT molecular complexity index is 134. The highest BCUT2D eigenvalue weighted by atomic mass is 14.4. The van der Waals surface area contributed by atoms with E-state index in [0.717, 1.165) is 6.42 Å². The summed E-state index contributed by atoms with van der Waals surface area (Å²) in [6, 6.07) is 0. The molecule has 0 unspecified atom stereocenters. The van der Waals surface area contributed by atoms with Crippen LogP contribution in [0.2, 0.25) is 0 Å². The number of hydrogen-bond acceptors (Lipinski definition) is 1. The average Bonchev–Trinajstić information content (AvgIpc) is 1.82. The highest BCUT2D eigenvalue weighted by Gasteiger charge is 1.88. The normalized spacial score (nSPS) is 11.7. The summed E-state index contributed by atoms with van der Waals surface area (Å²) in [4.78, 5) is 0. The van der Waals surface area contributed by atoms with Gasteiger partial charge in [0.2, 0.25) is 0 Å². The minimum atomic E-state index is 0.661. The lowest BCUT2D eigenvalue weighted by molar-refractivity contribution is 0.788. The average molecular weight is 139 g/mol. The van der Waals surface area contributed by atoms with Crippen molar-refractivity contribution in [1.82, 2.24) is 0 Å². The van der Waals surface area contributed by atoms with E-state index in [0.29, 0.717) is 5.71 Å². The van der Waals surface area contributed by atoms with E-state index in [2.05, 4.69) is 13.8 Å². The molecule has 1 N–H and O–H groups in total. The summed E-state index contributed by atoms with van der Waals surface area (Å²) >= 11 is 0. The third-order valence-electron chi connectivity index (χ3n) is 1.39. The van der Waals surface area contributed by atoms with E-state index in [1.165, 1.54) is 18.4 Å². The summed E-state index contributed by atoms with van der Waals surface area (Å²) in [5.74, 6) is 0. The lowest BCUT2D eigenvalue weighted by atomic mass is 10.1. The fraction of sp³-hybridized carbons (Fsp3) is 0.667. The van der Waals surface area contributed by atoms with Crippen molar-refractivity contribution >= 4 is 5.71 Å². The van der Waals surface area contributed by atoms with Crippen LogP contribution in [0.3, 0.4) is 0 Å². The van der Waals surface area contributed by atoms with Crippen molar-refractivity contribution in [1.29, 1.82) is 5.41 Å². The molecule has 0 atom stereocenters. The summed E-state index contributed by atoms with van der Waals surface area (Å²) in [5, 5.41) is 7.18. The molecule has 0 amide bonds. The molecule has 0 aromatic heterocycles. The first-order valence-electron chi connectivity index (χ1n) is 3.89. The third kappa shape index (κ3) is 5.54. The molecule has 0 saturated heterocycles. The van der Waals surface area contributed by atoms with E-state index in [4.69, 9.17) is 5.41 Å². The Kier molecular flexibility index (Phi) is 4.91. The van der Waals surface area contributed by atoms with E-state index in [-0.39, 0.29) is 0 Å². The summed E-state index contributed by atoms with van der Waals surface area (Å²) < 4.78 is 0. The number of rotatable bonds is 4. The second kappa shape index (κ2) is 5.21. The van der Waals surface area contributed by atoms with Crippen molar-refractivity contribution in [3.8, 4) is 0 Å². The van der Waals surface area contributed by atoms with Gasteiger partial charge in [-0.15, -0.1) is 0 Å². The second-order valence-corrected chi connectivity index (χ2v) is 2.78. The molecule has 0 aromatic carbocycles. The van der Waals surface area contributed by atoms with Crippen molar-refractivity contribution in [3.05, 3.63) is 11.6 Å². The van der Waals surface area contributed by atoms with E-state index >= 15 is 0 Å². The predicted octanol–water partition coefficient (Wildman–Crippen LogP) is 3.16. The first kappa shape index (κ1) is 9.41. The molecule has 0 aliphatic heterocycles. The fourth-order valence-electron chi connectivity index (χ4n) is 0.897. The quantitative estimate of drug-likeness (QED) is 0.578. The van der Waals surface area contributed by atoms with Gasteiger partial charge in [0.15, 0.2) is 0 Å². The van der Waals surface area contributed by atoms with Crippen LogP contribution in [0.1, 0.15) is 40.0 Å². The standard InChI is InChI=1S/C9H17N/c1-4-5-6-8(2)7-9(3)10/h7,10H,4-6H2,1-3H3/b8-7+,10-9?. The van der Waals surface area contributed by atoms with Gasteiger partial charge in [0.1, 0.15) is 0 Å². The van der Waals surface area contributed by atoms with Gasteiger partial charge in [-0.1, -0.05) is 18.9 Å². The minimum Gasteiger partial charge on any atom is -0.306 e. The zero-order chi connectivity index (χ0) is 7.98. The Morgan fingerprint density at radius 2 is 2.00 bits per heavy atom. The van der Waals surface area contributed by atoms with Crippen LogP contribution >= 0.6 is 0 Å². The maximum Gasteiger partial charge on any atom is 0.0282 e. The predicted molar refractivity (Wildman–Crippen MR) is 46.7 cm³/mol. The maximum absolute atomic E-state index is 7.18. The van der Waals surface area contributed by atoms with Crippen molar-refractivity contribution in [2.24, 2.45) is 0 Å². The number of hydrogen-bond donors (Lipinski definition) is 1. The number of allylic oxidation sites excluding steroid dienone is 2. The Morgan fingerprint density at radius 3 is 2.40 bits per heavy atom. The van der Waals surface area contributed by atoms with E-state index < -0.39 is 0 Å². The molecule has 0 radical (unpaired) electrons. The van der Waals surface area contributed by atoms with Gasteiger partial charge in [0.25, 0.3) is 0 Å². The van der Waals surface area contributed by atoms with Crippen LogP contribution in [-0.2, 0) is 0 Å². The summed E-state index contributed by atoms with van der Waals surface area (Å²) in [5.41, 5.74) is 1.99. The second-order valence-electron chi connectivity index (χ2n) is 2.78. The molecule has 1 nitrogen and oxygen atoms in total. The number of unbranched alkanes of at least 4 members (excludes halogenated alkanes) is 1. The van der Waals surface area contributed by atoms with E-state index in [9.17, 15) is 0 Å². The van der Waals surface area contributed by atoms with Gasteiger partial charge in [0.05, 0.1) is 0 Å². The Hall–Kier alpha value is -0.590. The van der Waals surface area contributed by atoms with Gasteiger partial charge in [0, 0.05) is 5.71 Å². The molecule has 0 rings (SSSR count). The molecule has 10 heavy (non-hydrogen) atoms. The Morgan fingerprint density at radius 1 is 1.40 bits per heavy atom. The van der Waals surface area contributed by atoms with Gasteiger partial charge < -0.3 is 5.41 Å². The van der Waals surface area contributed by atoms with Gasteiger partial charge >= 0.3 is 0 Å². The van der Waals surface area contributed by atoms with Crippen LogP contribution in [0.15, 0.2) is 11.6 Å². The van der Waals surface area contributed by atoms with E-state index in [1.807, 2.05) is 13.0 Å². The van der Waals surface area contributed by atoms with Crippen molar-refractivity contribution < 1.29 is 0 Å². The van der Waals surface area contributed by atoms with E-state index in [1.54, 1.807) is 0 Å². The Balaban J connectivity index is 3.60. The van der Waals surface area contributed by atoms with Gasteiger partial charge in [-0.2, -0.15) is 0 Å². The molecule has 0 aromatic rings. The van der Waals surface area contributed by atoms with Gasteiger partial charge in [-0.05, 0) is 32.8 Å². The highest BCUT2D eigenvalue weighted by molar-refractivity contribution is 5.90. The molecule has 0 saturated carbocycles. The topological polar surface area (TPSA) is 23.9 Å². The smallest absolute Gasteiger partial charge is 0.0282 e.